The summed E-state index contributed by atoms with van der Waals surface area (Å²) in [4.78, 5) is 47.0. The highest BCUT2D eigenvalue weighted by Gasteiger charge is 2.43. The van der Waals surface area contributed by atoms with Crippen LogP contribution in [0.4, 0.5) is 15.6 Å². The van der Waals surface area contributed by atoms with Crippen molar-refractivity contribution in [3.63, 3.8) is 0 Å². The molecule has 0 aliphatic carbocycles. The molecular formula is C28H38N6O6S. The molecule has 5 rings (SSSR count). The second-order valence-corrected chi connectivity index (χ2v) is 12.1. The van der Waals surface area contributed by atoms with E-state index >= 15 is 0 Å². The Balaban J connectivity index is 1.28. The highest BCUT2D eigenvalue weighted by Crippen LogP contribution is 2.33. The lowest BCUT2D eigenvalue weighted by atomic mass is 9.92. The highest BCUT2D eigenvalue weighted by atomic mass is 32.1. The van der Waals surface area contributed by atoms with Crippen LogP contribution >= 0.6 is 11.3 Å². The molecule has 0 radical (unpaired) electrons. The number of piperidine rings is 1. The smallest absolute Gasteiger partial charge is 0.407 e. The maximum atomic E-state index is 13.2. The van der Waals surface area contributed by atoms with E-state index in [9.17, 15) is 14.4 Å². The van der Waals surface area contributed by atoms with Crippen molar-refractivity contribution in [3.05, 3.63) is 40.4 Å². The summed E-state index contributed by atoms with van der Waals surface area (Å²) in [6, 6.07) is 5.55. The van der Waals surface area contributed by atoms with Crippen LogP contribution in [-0.2, 0) is 20.8 Å². The van der Waals surface area contributed by atoms with E-state index in [1.807, 2.05) is 12.1 Å². The maximum absolute atomic E-state index is 13.2. The number of alkyl carbamates (subject to hydrolysis) is 1. The van der Waals surface area contributed by atoms with Crippen LogP contribution in [0.3, 0.4) is 0 Å². The van der Waals surface area contributed by atoms with Crippen LogP contribution in [0.25, 0.3) is 0 Å². The molecule has 222 valence electrons. The Morgan fingerprint density at radius 2 is 2.00 bits per heavy atom. The zero-order valence-corrected chi connectivity index (χ0v) is 24.6. The van der Waals surface area contributed by atoms with Crippen LogP contribution in [-0.4, -0.2) is 98.6 Å². The highest BCUT2D eigenvalue weighted by molar-refractivity contribution is 7.14. The molecule has 1 spiro atoms. The lowest BCUT2D eigenvalue weighted by Gasteiger charge is -2.42. The lowest BCUT2D eigenvalue weighted by Crippen LogP contribution is -2.52. The first kappa shape index (κ1) is 29.2. The molecule has 1 aromatic heterocycles. The van der Waals surface area contributed by atoms with Crippen LogP contribution in [0.15, 0.2) is 23.6 Å². The fraction of sp³-hybridized carbons (Fsp3) is 0.571. The average molecular weight is 587 g/mol. The molecule has 12 nitrogen and oxygen atoms in total. The number of carbonyl (C=O) groups excluding carboxylic acids is 3. The van der Waals surface area contributed by atoms with Gasteiger partial charge in [-0.2, -0.15) is 0 Å². The summed E-state index contributed by atoms with van der Waals surface area (Å²) >= 11 is 1.39. The van der Waals surface area contributed by atoms with Crippen molar-refractivity contribution in [2.75, 3.05) is 69.9 Å². The Morgan fingerprint density at radius 1 is 1.20 bits per heavy atom. The van der Waals surface area contributed by atoms with E-state index in [2.05, 4.69) is 44.6 Å². The quantitative estimate of drug-likeness (QED) is 0.379. The number of methoxy groups -OCH3 is 1. The minimum atomic E-state index is -0.449. The number of morpholine rings is 1. The molecule has 13 heteroatoms. The van der Waals surface area contributed by atoms with Gasteiger partial charge in [-0.05, 0) is 31.5 Å². The third kappa shape index (κ3) is 6.80. The van der Waals surface area contributed by atoms with Crippen LogP contribution in [0, 0.1) is 0 Å². The SMILES string of the molecule is COCCNC(=O)c1cc(CN2CCOCC2(C)C)ccc1NC(=O)c1csc(N2CCC3(CC2)CNC(=O)O3)n1. The number of nitrogens with one attached hydrogen (secondary N) is 3. The number of thiazole rings is 1. The molecule has 4 heterocycles. The summed E-state index contributed by atoms with van der Waals surface area (Å²) in [6.45, 7) is 9.66. The molecule has 41 heavy (non-hydrogen) atoms. The van der Waals surface area contributed by atoms with Gasteiger partial charge in [0.1, 0.15) is 11.3 Å². The van der Waals surface area contributed by atoms with E-state index in [1.54, 1.807) is 18.6 Å². The van der Waals surface area contributed by atoms with Gasteiger partial charge >= 0.3 is 6.09 Å². The zero-order chi connectivity index (χ0) is 29.0. The second-order valence-electron chi connectivity index (χ2n) is 11.3. The van der Waals surface area contributed by atoms with Crippen molar-refractivity contribution >= 4 is 40.1 Å². The Kier molecular flexibility index (Phi) is 8.78. The normalized spacial score (nSPS) is 20.0. The summed E-state index contributed by atoms with van der Waals surface area (Å²) in [5, 5.41) is 11.0. The average Bonchev–Trinajstić information content (AvgIpc) is 3.58. The summed E-state index contributed by atoms with van der Waals surface area (Å²) in [5.41, 5.74) is 1.48. The molecule has 0 saturated carbocycles. The molecule has 3 aliphatic rings. The Hall–Kier alpha value is -3.26. The van der Waals surface area contributed by atoms with Crippen molar-refractivity contribution < 1.29 is 28.6 Å². The van der Waals surface area contributed by atoms with Crippen molar-refractivity contribution in [1.29, 1.82) is 0 Å². The van der Waals surface area contributed by atoms with Gasteiger partial charge in [-0.1, -0.05) is 6.07 Å². The number of ether oxygens (including phenoxy) is 3. The molecular weight excluding hydrogens is 548 g/mol. The van der Waals surface area contributed by atoms with Crippen molar-refractivity contribution in [3.8, 4) is 0 Å². The van der Waals surface area contributed by atoms with Gasteiger partial charge in [0.05, 0.1) is 37.6 Å². The van der Waals surface area contributed by atoms with E-state index in [0.29, 0.717) is 76.6 Å². The van der Waals surface area contributed by atoms with Crippen molar-refractivity contribution in [2.24, 2.45) is 0 Å². The molecule has 3 amide bonds. The van der Waals surface area contributed by atoms with E-state index in [0.717, 1.165) is 17.2 Å². The van der Waals surface area contributed by atoms with Crippen LogP contribution < -0.4 is 20.9 Å². The number of anilines is 2. The molecule has 3 fully saturated rings. The number of aromatic nitrogens is 1. The number of benzene rings is 1. The van der Waals surface area contributed by atoms with Gasteiger partial charge < -0.3 is 35.1 Å². The lowest BCUT2D eigenvalue weighted by molar-refractivity contribution is -0.0552. The molecule has 0 atom stereocenters. The Labute approximate surface area is 243 Å². The van der Waals surface area contributed by atoms with Gasteiger partial charge in [-0.15, -0.1) is 11.3 Å². The van der Waals surface area contributed by atoms with E-state index in [-0.39, 0.29) is 29.1 Å². The summed E-state index contributed by atoms with van der Waals surface area (Å²) < 4.78 is 16.2. The topological polar surface area (TPSA) is 134 Å². The number of rotatable bonds is 9. The monoisotopic (exact) mass is 586 g/mol. The maximum Gasteiger partial charge on any atom is 0.407 e. The first-order valence-corrected chi connectivity index (χ1v) is 14.8. The van der Waals surface area contributed by atoms with Crippen molar-refractivity contribution in [2.45, 2.75) is 44.4 Å². The molecule has 3 aliphatic heterocycles. The van der Waals surface area contributed by atoms with Crippen LogP contribution in [0.5, 0.6) is 0 Å². The van der Waals surface area contributed by atoms with Gasteiger partial charge in [-0.3, -0.25) is 14.5 Å². The fourth-order valence-electron chi connectivity index (χ4n) is 5.34. The Morgan fingerprint density at radius 3 is 2.71 bits per heavy atom. The van der Waals surface area contributed by atoms with Gasteiger partial charge in [0.2, 0.25) is 0 Å². The number of carbonyl (C=O) groups is 3. The van der Waals surface area contributed by atoms with Gasteiger partial charge in [0.25, 0.3) is 11.8 Å². The first-order chi connectivity index (χ1) is 19.7. The Bertz CT molecular complexity index is 1270. The largest absolute Gasteiger partial charge is 0.441 e. The van der Waals surface area contributed by atoms with E-state index < -0.39 is 5.60 Å². The predicted molar refractivity (Wildman–Crippen MR) is 155 cm³/mol. The summed E-state index contributed by atoms with van der Waals surface area (Å²) in [5.74, 6) is -0.674. The molecule has 3 saturated heterocycles. The standard InChI is InChI=1S/C28H38N6O6S/c1-27(2)18-39-13-11-34(27)15-19-4-5-21(20(14-19)23(35)29-8-12-38-3)31-24(36)22-16-41-25(32-22)33-9-6-28(7-10-33)17-30-26(37)40-28/h4-5,14,16H,6-13,15,17-18H2,1-3H3,(H,29,35)(H,30,37)(H,31,36). The van der Waals surface area contributed by atoms with E-state index in [1.165, 1.54) is 11.3 Å². The number of amides is 3. The van der Waals surface area contributed by atoms with E-state index in [4.69, 9.17) is 14.2 Å². The summed E-state index contributed by atoms with van der Waals surface area (Å²) in [7, 11) is 1.58. The third-order valence-corrected chi connectivity index (χ3v) is 8.79. The number of hydrogen-bond acceptors (Lipinski definition) is 10. The molecule has 0 unspecified atom stereocenters. The minimum absolute atomic E-state index is 0.123. The number of hydrogen-bond donors (Lipinski definition) is 3. The van der Waals surface area contributed by atoms with Gasteiger partial charge in [0, 0.05) is 63.6 Å². The van der Waals surface area contributed by atoms with Gasteiger partial charge in [0.15, 0.2) is 5.13 Å². The zero-order valence-electron chi connectivity index (χ0n) is 23.8. The fourth-order valence-corrected chi connectivity index (χ4v) is 6.20. The van der Waals surface area contributed by atoms with Crippen LogP contribution in [0.2, 0.25) is 0 Å². The second kappa shape index (κ2) is 12.3. The number of nitrogens with zero attached hydrogens (tertiary/aromatic N) is 3. The summed E-state index contributed by atoms with van der Waals surface area (Å²) in [6.07, 6.45) is 1.03. The van der Waals surface area contributed by atoms with Gasteiger partial charge in [-0.25, -0.2) is 9.78 Å². The first-order valence-electron chi connectivity index (χ1n) is 13.9. The molecule has 3 N–H and O–H groups in total. The third-order valence-electron chi connectivity index (χ3n) is 7.89. The molecule has 1 aromatic carbocycles. The molecule has 2 aromatic rings. The predicted octanol–water partition coefficient (Wildman–Crippen LogP) is 2.46. The minimum Gasteiger partial charge on any atom is -0.441 e. The molecule has 0 bridgehead atoms. The van der Waals surface area contributed by atoms with Crippen LogP contribution in [0.1, 0.15) is 53.1 Å². The van der Waals surface area contributed by atoms with Crippen molar-refractivity contribution in [1.82, 2.24) is 20.5 Å².